The quantitative estimate of drug-likeness (QED) is 0.901. The van der Waals surface area contributed by atoms with Crippen molar-refractivity contribution < 1.29 is 9.59 Å². The third-order valence-corrected chi connectivity index (χ3v) is 3.29. The molecule has 102 valence electrons. The van der Waals surface area contributed by atoms with Gasteiger partial charge < -0.3 is 10.2 Å². The smallest absolute Gasteiger partial charge is 0.227 e. The van der Waals surface area contributed by atoms with Crippen LogP contribution in [0.3, 0.4) is 0 Å². The average Bonchev–Trinajstić information content (AvgIpc) is 2.82. The van der Waals surface area contributed by atoms with E-state index in [2.05, 4.69) is 5.32 Å². The normalized spacial score (nSPS) is 15.1. The summed E-state index contributed by atoms with van der Waals surface area (Å²) in [6.45, 7) is 5.04. The van der Waals surface area contributed by atoms with Crippen molar-refractivity contribution in [3.8, 4) is 0 Å². The van der Waals surface area contributed by atoms with E-state index in [0.29, 0.717) is 13.0 Å². The molecule has 1 heterocycles. The number of hydrogen-bond acceptors (Lipinski definition) is 2. The zero-order valence-corrected chi connectivity index (χ0v) is 11.5. The number of nitrogens with zero attached hydrogens (tertiary/aromatic N) is 1. The van der Waals surface area contributed by atoms with Crippen LogP contribution in [0.25, 0.3) is 0 Å². The van der Waals surface area contributed by atoms with Crippen LogP contribution in [-0.2, 0) is 16.1 Å². The molecule has 0 aliphatic carbocycles. The van der Waals surface area contributed by atoms with Crippen LogP contribution in [0.4, 0.5) is 5.69 Å². The molecule has 1 aromatic rings. The van der Waals surface area contributed by atoms with Crippen LogP contribution in [0, 0.1) is 5.92 Å². The summed E-state index contributed by atoms with van der Waals surface area (Å²) in [6.07, 6.45) is 1.56. The van der Waals surface area contributed by atoms with E-state index in [4.69, 9.17) is 0 Å². The molecule has 1 aliphatic rings. The largest absolute Gasteiger partial charge is 0.352 e. The van der Waals surface area contributed by atoms with Gasteiger partial charge in [-0.25, -0.2) is 0 Å². The molecule has 1 fully saturated rings. The van der Waals surface area contributed by atoms with Gasteiger partial charge in [-0.3, -0.25) is 9.59 Å². The lowest BCUT2D eigenvalue weighted by Crippen LogP contribution is -2.27. The van der Waals surface area contributed by atoms with Gasteiger partial charge in [0.15, 0.2) is 0 Å². The molecule has 1 aromatic carbocycles. The van der Waals surface area contributed by atoms with E-state index < -0.39 is 0 Å². The molecule has 0 unspecified atom stereocenters. The highest BCUT2D eigenvalue weighted by Crippen LogP contribution is 2.22. The molecular weight excluding hydrogens is 240 g/mol. The fraction of sp³-hybridized carbons (Fsp3) is 0.467. The second-order valence-electron chi connectivity index (χ2n) is 5.19. The zero-order chi connectivity index (χ0) is 13.8. The van der Waals surface area contributed by atoms with Crippen LogP contribution in [-0.4, -0.2) is 18.4 Å². The Morgan fingerprint density at radius 2 is 2.21 bits per heavy atom. The molecule has 4 nitrogen and oxygen atoms in total. The van der Waals surface area contributed by atoms with Crippen molar-refractivity contribution in [2.45, 2.75) is 33.2 Å². The first-order chi connectivity index (χ1) is 9.08. The maximum Gasteiger partial charge on any atom is 0.227 e. The van der Waals surface area contributed by atoms with Crippen molar-refractivity contribution in [2.75, 3.05) is 11.4 Å². The Morgan fingerprint density at radius 3 is 2.84 bits per heavy atom. The second-order valence-corrected chi connectivity index (χ2v) is 5.19. The molecule has 0 spiro atoms. The topological polar surface area (TPSA) is 49.4 Å². The number of hydrogen-bond donors (Lipinski definition) is 1. The third kappa shape index (κ3) is 3.34. The third-order valence-electron chi connectivity index (χ3n) is 3.29. The number of anilines is 1. The minimum absolute atomic E-state index is 0.0108. The molecule has 0 bridgehead atoms. The average molecular weight is 260 g/mol. The molecule has 0 saturated carbocycles. The molecule has 19 heavy (non-hydrogen) atoms. The molecule has 0 atom stereocenters. The van der Waals surface area contributed by atoms with E-state index in [1.807, 2.05) is 43.0 Å². The van der Waals surface area contributed by atoms with Gasteiger partial charge in [-0.2, -0.15) is 0 Å². The number of carbonyl (C=O) groups is 2. The number of rotatable bonds is 4. The SMILES string of the molecule is CC(C)C(=O)NCc1cccc(N2CCCC2=O)c1. The Kier molecular flexibility index (Phi) is 4.20. The van der Waals surface area contributed by atoms with Crippen molar-refractivity contribution in [3.63, 3.8) is 0 Å². The van der Waals surface area contributed by atoms with Gasteiger partial charge in [0, 0.05) is 31.1 Å². The summed E-state index contributed by atoms with van der Waals surface area (Å²) >= 11 is 0. The van der Waals surface area contributed by atoms with E-state index in [-0.39, 0.29) is 17.7 Å². The highest BCUT2D eigenvalue weighted by Gasteiger charge is 2.21. The summed E-state index contributed by atoms with van der Waals surface area (Å²) in [5, 5.41) is 2.89. The minimum Gasteiger partial charge on any atom is -0.352 e. The Labute approximate surface area is 113 Å². The standard InChI is InChI=1S/C15H20N2O2/c1-11(2)15(19)16-10-12-5-3-6-13(9-12)17-8-4-7-14(17)18/h3,5-6,9,11H,4,7-8,10H2,1-2H3,(H,16,19). The maximum absolute atomic E-state index is 11.7. The summed E-state index contributed by atoms with van der Waals surface area (Å²) in [5.74, 6) is 0.217. The van der Waals surface area contributed by atoms with E-state index in [9.17, 15) is 9.59 Å². The molecule has 4 heteroatoms. The highest BCUT2D eigenvalue weighted by atomic mass is 16.2. The van der Waals surface area contributed by atoms with Gasteiger partial charge in [0.05, 0.1) is 0 Å². The van der Waals surface area contributed by atoms with Gasteiger partial charge in [0.2, 0.25) is 11.8 Å². The lowest BCUT2D eigenvalue weighted by atomic mass is 10.1. The van der Waals surface area contributed by atoms with Crippen molar-refractivity contribution >= 4 is 17.5 Å². The van der Waals surface area contributed by atoms with E-state index >= 15 is 0 Å². The van der Waals surface area contributed by atoms with Crippen LogP contribution in [0.1, 0.15) is 32.3 Å². The minimum atomic E-state index is -0.0108. The fourth-order valence-corrected chi connectivity index (χ4v) is 2.15. The van der Waals surface area contributed by atoms with Crippen molar-refractivity contribution in [3.05, 3.63) is 29.8 Å². The highest BCUT2D eigenvalue weighted by molar-refractivity contribution is 5.95. The van der Waals surface area contributed by atoms with Gasteiger partial charge in [0.1, 0.15) is 0 Å². The Hall–Kier alpha value is -1.84. The van der Waals surface area contributed by atoms with Crippen LogP contribution in [0.5, 0.6) is 0 Å². The molecule has 2 amide bonds. The summed E-state index contributed by atoms with van der Waals surface area (Å²) in [6, 6.07) is 7.81. The molecule has 1 N–H and O–H groups in total. The molecule has 1 saturated heterocycles. The molecular formula is C15H20N2O2. The summed E-state index contributed by atoms with van der Waals surface area (Å²) in [5.41, 5.74) is 1.95. The van der Waals surface area contributed by atoms with Gasteiger partial charge in [-0.05, 0) is 24.1 Å². The van der Waals surface area contributed by atoms with E-state index in [1.54, 1.807) is 0 Å². The maximum atomic E-state index is 11.7. The Balaban J connectivity index is 2.03. The fourth-order valence-electron chi connectivity index (χ4n) is 2.15. The molecule has 0 aromatic heterocycles. The van der Waals surface area contributed by atoms with Crippen LogP contribution < -0.4 is 10.2 Å². The monoisotopic (exact) mass is 260 g/mol. The first-order valence-electron chi connectivity index (χ1n) is 6.75. The van der Waals surface area contributed by atoms with Crippen LogP contribution in [0.15, 0.2) is 24.3 Å². The van der Waals surface area contributed by atoms with Crippen LogP contribution >= 0.6 is 0 Å². The van der Waals surface area contributed by atoms with Gasteiger partial charge in [-0.15, -0.1) is 0 Å². The van der Waals surface area contributed by atoms with Gasteiger partial charge >= 0.3 is 0 Å². The summed E-state index contributed by atoms with van der Waals surface area (Å²) < 4.78 is 0. The first-order valence-corrected chi connectivity index (χ1v) is 6.75. The molecule has 0 radical (unpaired) electrons. The van der Waals surface area contributed by atoms with Crippen molar-refractivity contribution in [2.24, 2.45) is 5.92 Å². The number of carbonyl (C=O) groups excluding carboxylic acids is 2. The Morgan fingerprint density at radius 1 is 1.42 bits per heavy atom. The van der Waals surface area contributed by atoms with Crippen molar-refractivity contribution in [1.82, 2.24) is 5.32 Å². The van der Waals surface area contributed by atoms with Gasteiger partial charge in [0.25, 0.3) is 0 Å². The van der Waals surface area contributed by atoms with E-state index in [0.717, 1.165) is 24.2 Å². The van der Waals surface area contributed by atoms with E-state index in [1.165, 1.54) is 0 Å². The lowest BCUT2D eigenvalue weighted by molar-refractivity contribution is -0.124. The Bertz CT molecular complexity index is 483. The van der Waals surface area contributed by atoms with Gasteiger partial charge in [-0.1, -0.05) is 26.0 Å². The lowest BCUT2D eigenvalue weighted by Gasteiger charge is -2.17. The predicted molar refractivity (Wildman–Crippen MR) is 74.7 cm³/mol. The zero-order valence-electron chi connectivity index (χ0n) is 11.5. The molecule has 2 rings (SSSR count). The second kappa shape index (κ2) is 5.87. The number of benzene rings is 1. The number of nitrogens with one attached hydrogen (secondary N) is 1. The number of amides is 2. The summed E-state index contributed by atoms with van der Waals surface area (Å²) in [4.78, 5) is 25.0. The first kappa shape index (κ1) is 13.6. The summed E-state index contributed by atoms with van der Waals surface area (Å²) in [7, 11) is 0. The predicted octanol–water partition coefficient (Wildman–Crippen LogP) is 2.09. The van der Waals surface area contributed by atoms with Crippen LogP contribution in [0.2, 0.25) is 0 Å². The molecule has 1 aliphatic heterocycles. The van der Waals surface area contributed by atoms with Crippen molar-refractivity contribution in [1.29, 1.82) is 0 Å².